The number of hydrogen-bond acceptors (Lipinski definition) is 5. The van der Waals surface area contributed by atoms with E-state index >= 15 is 0 Å². The summed E-state index contributed by atoms with van der Waals surface area (Å²) in [6.45, 7) is 1.27. The van der Waals surface area contributed by atoms with Crippen LogP contribution in [-0.2, 0) is 9.59 Å². The minimum absolute atomic E-state index is 0. The molecule has 0 aromatic heterocycles. The molecular weight excluding hydrogens is 526 g/mol. The Bertz CT molecular complexity index is 953. The number of carbonyl (C=O) groups is 2. The van der Waals surface area contributed by atoms with Crippen molar-refractivity contribution in [2.75, 3.05) is 26.3 Å². The summed E-state index contributed by atoms with van der Waals surface area (Å²) < 4.78 is 11.1. The average molecular weight is 552 g/mol. The van der Waals surface area contributed by atoms with Crippen LogP contribution in [0.25, 0.3) is 0 Å². The molecule has 0 radical (unpaired) electrons. The maximum atomic E-state index is 12.2. The zero-order valence-electron chi connectivity index (χ0n) is 18.2. The quantitative estimate of drug-likeness (QED) is 0.434. The molecule has 7 nitrogen and oxygen atoms in total. The highest BCUT2D eigenvalue weighted by molar-refractivity contribution is 6.42. The van der Waals surface area contributed by atoms with E-state index in [9.17, 15) is 14.7 Å². The molecule has 186 valence electrons. The summed E-state index contributed by atoms with van der Waals surface area (Å²) in [4.78, 5) is 25.9. The van der Waals surface area contributed by atoms with Gasteiger partial charge in [-0.25, -0.2) is 0 Å². The number of nitrogens with one attached hydrogen (secondary N) is 1. The van der Waals surface area contributed by atoms with E-state index in [1.807, 2.05) is 4.90 Å². The topological polar surface area (TPSA) is 88.1 Å². The Balaban J connectivity index is 0.00000408. The van der Waals surface area contributed by atoms with Gasteiger partial charge in [0.2, 0.25) is 0 Å². The number of nitrogens with zero attached hydrogens (tertiary/aromatic N) is 1. The predicted molar refractivity (Wildman–Crippen MR) is 135 cm³/mol. The van der Waals surface area contributed by atoms with Crippen molar-refractivity contribution < 1.29 is 24.2 Å². The molecule has 1 amide bonds. The molecule has 1 heterocycles. The second-order valence-electron chi connectivity index (χ2n) is 7.69. The Hall–Kier alpha value is -1.90. The normalized spacial score (nSPS) is 15.1. The molecule has 1 unspecified atom stereocenters. The van der Waals surface area contributed by atoms with Gasteiger partial charge >= 0.3 is 5.97 Å². The van der Waals surface area contributed by atoms with Gasteiger partial charge in [-0.1, -0.05) is 34.8 Å². The lowest BCUT2D eigenvalue weighted by Gasteiger charge is -2.35. The Morgan fingerprint density at radius 1 is 1.00 bits per heavy atom. The molecule has 34 heavy (non-hydrogen) atoms. The minimum Gasteiger partial charge on any atom is -0.494 e. The zero-order chi connectivity index (χ0) is 23.8. The summed E-state index contributed by atoms with van der Waals surface area (Å²) in [6, 6.07) is 11.1. The lowest BCUT2D eigenvalue weighted by Crippen LogP contribution is -2.51. The van der Waals surface area contributed by atoms with Crippen molar-refractivity contribution in [3.05, 3.63) is 57.5 Å². The first-order valence-corrected chi connectivity index (χ1v) is 11.7. The van der Waals surface area contributed by atoms with E-state index < -0.39 is 12.0 Å². The fourth-order valence-electron chi connectivity index (χ4n) is 3.62. The highest BCUT2D eigenvalue weighted by Gasteiger charge is 2.30. The molecule has 3 rings (SSSR count). The van der Waals surface area contributed by atoms with Crippen LogP contribution < -0.4 is 14.8 Å². The lowest BCUT2D eigenvalue weighted by molar-refractivity contribution is -0.144. The standard InChI is InChI=1S/C23H25Cl3N2O5.ClH/c24-15-1-3-17(4-2-15)32-12-9-21(23(30)31)28-10-7-16(8-11-28)27-22(29)14-33-18-5-6-19(25)20(26)13-18;/h1-6,13,16,21H,7-12,14H2,(H,27,29)(H,30,31);1H. The molecule has 11 heteroatoms. The smallest absolute Gasteiger partial charge is 0.321 e. The highest BCUT2D eigenvalue weighted by atomic mass is 35.5. The van der Waals surface area contributed by atoms with E-state index in [4.69, 9.17) is 44.3 Å². The third kappa shape index (κ3) is 8.71. The van der Waals surface area contributed by atoms with Crippen LogP contribution in [0, 0.1) is 0 Å². The minimum atomic E-state index is -0.882. The summed E-state index contributed by atoms with van der Waals surface area (Å²) in [5, 5.41) is 14.0. The summed E-state index contributed by atoms with van der Waals surface area (Å²) in [5.41, 5.74) is 0. The Kier molecular flexibility index (Phi) is 11.5. The van der Waals surface area contributed by atoms with E-state index in [1.54, 1.807) is 42.5 Å². The van der Waals surface area contributed by atoms with Crippen molar-refractivity contribution in [2.24, 2.45) is 0 Å². The van der Waals surface area contributed by atoms with Crippen LogP contribution in [0.15, 0.2) is 42.5 Å². The van der Waals surface area contributed by atoms with Crippen molar-refractivity contribution >= 4 is 59.1 Å². The molecule has 0 bridgehead atoms. The van der Waals surface area contributed by atoms with Crippen molar-refractivity contribution in [3.8, 4) is 11.5 Å². The lowest BCUT2D eigenvalue weighted by atomic mass is 10.0. The molecule has 2 aromatic carbocycles. The number of hydrogen-bond donors (Lipinski definition) is 2. The summed E-state index contributed by atoms with van der Waals surface area (Å²) in [7, 11) is 0. The molecular formula is C23H26Cl4N2O5. The number of piperidine rings is 1. The average Bonchev–Trinajstić information content (AvgIpc) is 2.79. The van der Waals surface area contributed by atoms with E-state index in [0.717, 1.165) is 0 Å². The number of ether oxygens (including phenoxy) is 2. The van der Waals surface area contributed by atoms with Crippen molar-refractivity contribution in [1.82, 2.24) is 10.2 Å². The second-order valence-corrected chi connectivity index (χ2v) is 8.94. The van der Waals surface area contributed by atoms with Crippen molar-refractivity contribution in [2.45, 2.75) is 31.3 Å². The summed E-state index contributed by atoms with van der Waals surface area (Å²) in [6.07, 6.45) is 1.66. The molecule has 1 atom stereocenters. The Morgan fingerprint density at radius 2 is 1.65 bits per heavy atom. The van der Waals surface area contributed by atoms with Gasteiger partial charge in [-0.3, -0.25) is 14.5 Å². The number of carbonyl (C=O) groups excluding carboxylic acids is 1. The Labute approximate surface area is 219 Å². The zero-order valence-corrected chi connectivity index (χ0v) is 21.3. The number of halogens is 4. The van der Waals surface area contributed by atoms with E-state index in [1.165, 1.54) is 0 Å². The van der Waals surface area contributed by atoms with Crippen molar-refractivity contribution in [3.63, 3.8) is 0 Å². The third-order valence-corrected chi connectivity index (χ3v) is 6.35. The van der Waals surface area contributed by atoms with Crippen LogP contribution in [-0.4, -0.2) is 60.3 Å². The van der Waals surface area contributed by atoms with Gasteiger partial charge in [0.1, 0.15) is 17.5 Å². The molecule has 2 aromatic rings. The van der Waals surface area contributed by atoms with Crippen LogP contribution in [0.5, 0.6) is 11.5 Å². The maximum Gasteiger partial charge on any atom is 0.321 e. The number of amides is 1. The molecule has 1 saturated heterocycles. The van der Waals surface area contributed by atoms with Crippen molar-refractivity contribution in [1.29, 1.82) is 0 Å². The molecule has 1 aliphatic heterocycles. The number of rotatable bonds is 10. The van der Waals surface area contributed by atoms with Crippen LogP contribution in [0.4, 0.5) is 0 Å². The van der Waals surface area contributed by atoms with Gasteiger partial charge in [-0.15, -0.1) is 12.4 Å². The van der Waals surface area contributed by atoms with Gasteiger partial charge < -0.3 is 19.9 Å². The van der Waals surface area contributed by atoms with Gasteiger partial charge in [-0.05, 0) is 49.2 Å². The molecule has 1 fully saturated rings. The largest absolute Gasteiger partial charge is 0.494 e. The van der Waals surface area contributed by atoms with Crippen LogP contribution in [0.2, 0.25) is 15.1 Å². The van der Waals surface area contributed by atoms with Crippen LogP contribution >= 0.6 is 47.2 Å². The fraction of sp³-hybridized carbons (Fsp3) is 0.391. The van der Waals surface area contributed by atoms with E-state index in [-0.39, 0.29) is 37.6 Å². The van der Waals surface area contributed by atoms with Gasteiger partial charge in [0.05, 0.1) is 16.7 Å². The molecule has 0 aliphatic carbocycles. The fourth-order valence-corrected chi connectivity index (χ4v) is 4.04. The molecule has 2 N–H and O–H groups in total. The van der Waals surface area contributed by atoms with Gasteiger partial charge in [0.15, 0.2) is 6.61 Å². The molecule has 0 saturated carbocycles. The van der Waals surface area contributed by atoms with E-state index in [0.29, 0.717) is 58.9 Å². The van der Waals surface area contributed by atoms with Gasteiger partial charge in [0.25, 0.3) is 5.91 Å². The highest BCUT2D eigenvalue weighted by Crippen LogP contribution is 2.26. The molecule has 0 spiro atoms. The van der Waals surface area contributed by atoms with E-state index in [2.05, 4.69) is 5.32 Å². The molecule has 1 aliphatic rings. The second kappa shape index (κ2) is 13.9. The number of likely N-dealkylation sites (tertiary alicyclic amines) is 1. The first-order valence-electron chi connectivity index (χ1n) is 10.5. The number of carboxylic acid groups (broad SMARTS) is 1. The summed E-state index contributed by atoms with van der Waals surface area (Å²) in [5.74, 6) is -0.0228. The number of carboxylic acids is 1. The SMILES string of the molecule is Cl.O=C(COc1ccc(Cl)c(Cl)c1)NC1CCN(C(CCOc2ccc(Cl)cc2)C(=O)O)CC1. The summed E-state index contributed by atoms with van der Waals surface area (Å²) >= 11 is 17.7. The number of aliphatic carboxylic acids is 1. The third-order valence-electron chi connectivity index (χ3n) is 5.36. The Morgan fingerprint density at radius 3 is 2.26 bits per heavy atom. The first-order chi connectivity index (χ1) is 15.8. The maximum absolute atomic E-state index is 12.2. The predicted octanol–water partition coefficient (Wildman–Crippen LogP) is 4.95. The van der Waals surface area contributed by atoms with Gasteiger partial charge in [-0.2, -0.15) is 0 Å². The van der Waals surface area contributed by atoms with Gasteiger partial charge in [0, 0.05) is 36.6 Å². The number of benzene rings is 2. The van der Waals surface area contributed by atoms with Crippen LogP contribution in [0.1, 0.15) is 19.3 Å². The van der Waals surface area contributed by atoms with Crippen LogP contribution in [0.3, 0.4) is 0 Å². The monoisotopic (exact) mass is 550 g/mol. The first kappa shape index (κ1) is 28.3.